The molecule has 6 nitrogen and oxygen atoms in total. The van der Waals surface area contributed by atoms with Crippen LogP contribution in [0.15, 0.2) is 54.7 Å². The molecule has 39 heavy (non-hydrogen) atoms. The van der Waals surface area contributed by atoms with Gasteiger partial charge in [0.25, 0.3) is 0 Å². The summed E-state index contributed by atoms with van der Waals surface area (Å²) in [5, 5.41) is 14.3. The van der Waals surface area contributed by atoms with Crippen molar-refractivity contribution in [1.82, 2.24) is 9.88 Å². The number of methoxy groups -OCH3 is 1. The number of fused-ring (bicyclic) bond motifs is 1. The zero-order valence-corrected chi connectivity index (χ0v) is 23.6. The van der Waals surface area contributed by atoms with Gasteiger partial charge in [-0.3, -0.25) is 9.78 Å². The first-order valence-electron chi connectivity index (χ1n) is 14.3. The molecule has 2 heterocycles. The van der Waals surface area contributed by atoms with E-state index < -0.39 is 5.60 Å². The lowest BCUT2D eigenvalue weighted by molar-refractivity contribution is -0.140. The van der Waals surface area contributed by atoms with Crippen molar-refractivity contribution in [2.45, 2.75) is 63.0 Å². The minimum absolute atomic E-state index is 0.000972. The molecule has 1 saturated heterocycles. The topological polar surface area (TPSA) is 88.7 Å². The average molecular weight is 550 g/mol. The Morgan fingerprint density at radius 3 is 2.82 bits per heavy atom. The number of ether oxygens (including phenoxy) is 1. The molecular weight excluding hydrogens is 510 g/mol. The van der Waals surface area contributed by atoms with E-state index >= 15 is 0 Å². The molecule has 4 atom stereocenters. The number of hydrogen-bond donors (Lipinski definition) is 2. The van der Waals surface area contributed by atoms with Crippen molar-refractivity contribution in [3.05, 3.63) is 65.3 Å². The molecule has 3 N–H and O–H groups in total. The van der Waals surface area contributed by atoms with Gasteiger partial charge in [0, 0.05) is 72.4 Å². The van der Waals surface area contributed by atoms with Crippen LogP contribution in [0.4, 0.5) is 0 Å². The van der Waals surface area contributed by atoms with Crippen LogP contribution < -0.4 is 5.73 Å². The molecule has 7 heteroatoms. The summed E-state index contributed by atoms with van der Waals surface area (Å²) in [7, 11) is 1.70. The minimum atomic E-state index is -1.16. The molecule has 1 aliphatic heterocycles. The highest BCUT2D eigenvalue weighted by Crippen LogP contribution is 2.46. The molecule has 3 aromatic rings. The smallest absolute Gasteiger partial charge is 0.225 e. The van der Waals surface area contributed by atoms with Gasteiger partial charge >= 0.3 is 0 Å². The van der Waals surface area contributed by atoms with E-state index in [4.69, 9.17) is 22.1 Å². The standard InChI is InChI=1S/C32H40ClN3O3/c1-39-17-5-4-15-32(38,25-9-7-16-36(21-25)31(37)23-13-14-26(34)19-23)27-10-6-11-28(33)30(27)24-18-22-8-2-3-12-29(22)35-20-24/h2-3,6,8,10-12,18,20,23,25-26,38H,4-5,7,9,13-17,19,21,34H2,1H3/t23-,25?,26+,32-/m1/s1. The number of para-hydroxylation sites is 1. The Balaban J connectivity index is 1.52. The molecule has 1 unspecified atom stereocenters. The lowest BCUT2D eigenvalue weighted by Crippen LogP contribution is -2.49. The predicted octanol–water partition coefficient (Wildman–Crippen LogP) is 5.93. The predicted molar refractivity (Wildman–Crippen MR) is 156 cm³/mol. The largest absolute Gasteiger partial charge is 0.385 e. The number of amides is 1. The van der Waals surface area contributed by atoms with E-state index in [9.17, 15) is 9.90 Å². The Morgan fingerprint density at radius 1 is 1.18 bits per heavy atom. The number of benzene rings is 2. The zero-order chi connectivity index (χ0) is 27.4. The number of nitrogens with zero attached hydrogens (tertiary/aromatic N) is 2. The van der Waals surface area contributed by atoms with E-state index in [0.29, 0.717) is 24.6 Å². The second-order valence-corrected chi connectivity index (χ2v) is 11.8. The molecule has 0 spiro atoms. The van der Waals surface area contributed by atoms with Crippen molar-refractivity contribution in [2.24, 2.45) is 17.6 Å². The van der Waals surface area contributed by atoms with Gasteiger partial charge in [-0.15, -0.1) is 0 Å². The summed E-state index contributed by atoms with van der Waals surface area (Å²) >= 11 is 6.89. The third-order valence-corrected chi connectivity index (χ3v) is 9.06. The van der Waals surface area contributed by atoms with Crippen LogP contribution in [0.3, 0.4) is 0 Å². The maximum absolute atomic E-state index is 13.5. The Bertz CT molecular complexity index is 1300. The van der Waals surface area contributed by atoms with Crippen molar-refractivity contribution in [3.63, 3.8) is 0 Å². The second-order valence-electron chi connectivity index (χ2n) is 11.3. The van der Waals surface area contributed by atoms with Crippen LogP contribution in [0.1, 0.15) is 56.9 Å². The van der Waals surface area contributed by atoms with Gasteiger partial charge in [0.1, 0.15) is 0 Å². The third-order valence-electron chi connectivity index (χ3n) is 8.75. The van der Waals surface area contributed by atoms with Gasteiger partial charge in [-0.1, -0.05) is 41.9 Å². The van der Waals surface area contributed by atoms with Crippen molar-refractivity contribution in [2.75, 3.05) is 26.8 Å². The molecular formula is C32H40ClN3O3. The molecule has 2 aromatic carbocycles. The number of rotatable bonds is 9. The third kappa shape index (κ3) is 5.99. The van der Waals surface area contributed by atoms with E-state index in [-0.39, 0.29) is 23.8 Å². The molecule has 1 saturated carbocycles. The van der Waals surface area contributed by atoms with Crippen molar-refractivity contribution >= 4 is 28.4 Å². The number of carbonyl (C=O) groups is 1. The number of nitrogens with two attached hydrogens (primary N) is 1. The highest BCUT2D eigenvalue weighted by atomic mass is 35.5. The highest BCUT2D eigenvalue weighted by Gasteiger charge is 2.44. The maximum Gasteiger partial charge on any atom is 0.225 e. The van der Waals surface area contributed by atoms with E-state index in [1.54, 1.807) is 7.11 Å². The van der Waals surface area contributed by atoms with E-state index in [2.05, 4.69) is 11.1 Å². The normalized spacial score (nSPS) is 23.2. The molecule has 2 fully saturated rings. The van der Waals surface area contributed by atoms with Crippen LogP contribution in [0.5, 0.6) is 0 Å². The van der Waals surface area contributed by atoms with Gasteiger partial charge < -0.3 is 20.5 Å². The lowest BCUT2D eigenvalue weighted by Gasteiger charge is -2.44. The first-order valence-corrected chi connectivity index (χ1v) is 14.7. The van der Waals surface area contributed by atoms with Gasteiger partial charge in [0.05, 0.1) is 11.1 Å². The summed E-state index contributed by atoms with van der Waals surface area (Å²) in [5.74, 6) is 0.0804. The molecule has 0 bridgehead atoms. The van der Waals surface area contributed by atoms with Gasteiger partial charge in [-0.2, -0.15) is 0 Å². The minimum Gasteiger partial charge on any atom is -0.385 e. The van der Waals surface area contributed by atoms with Crippen LogP contribution >= 0.6 is 11.6 Å². The first kappa shape index (κ1) is 28.0. The summed E-state index contributed by atoms with van der Waals surface area (Å²) in [5.41, 5.74) is 8.39. The average Bonchev–Trinajstić information content (AvgIpc) is 3.40. The number of aromatic nitrogens is 1. The maximum atomic E-state index is 13.5. The zero-order valence-electron chi connectivity index (χ0n) is 22.8. The Labute approximate surface area is 236 Å². The number of aliphatic hydroxyl groups is 1. The SMILES string of the molecule is COCCCC[C@](O)(c1cccc(Cl)c1-c1cnc2ccccc2c1)C1CCCN(C(=O)[C@@H]2CC[C@H](N)C2)C1. The summed E-state index contributed by atoms with van der Waals surface area (Å²) in [6.07, 6.45) is 8.28. The van der Waals surface area contributed by atoms with Gasteiger partial charge in [0.15, 0.2) is 0 Å². The second kappa shape index (κ2) is 12.3. The molecule has 1 aliphatic carbocycles. The molecule has 0 radical (unpaired) electrons. The van der Waals surface area contributed by atoms with Crippen LogP contribution in [-0.2, 0) is 15.1 Å². The molecule has 208 valence electrons. The molecule has 1 aromatic heterocycles. The van der Waals surface area contributed by atoms with E-state index in [1.165, 1.54) is 0 Å². The van der Waals surface area contributed by atoms with Gasteiger partial charge in [0.2, 0.25) is 5.91 Å². The number of piperidine rings is 1. The lowest BCUT2D eigenvalue weighted by atomic mass is 9.72. The fourth-order valence-corrected chi connectivity index (χ4v) is 6.94. The fraction of sp³-hybridized carbons (Fsp3) is 0.500. The highest BCUT2D eigenvalue weighted by molar-refractivity contribution is 6.33. The number of halogens is 1. The van der Waals surface area contributed by atoms with Crippen LogP contribution in [0, 0.1) is 11.8 Å². The van der Waals surface area contributed by atoms with Crippen molar-refractivity contribution in [3.8, 4) is 11.1 Å². The van der Waals surface area contributed by atoms with Crippen LogP contribution in [0.25, 0.3) is 22.0 Å². The van der Waals surface area contributed by atoms with Crippen molar-refractivity contribution < 1.29 is 14.6 Å². The Kier molecular flexibility index (Phi) is 8.87. The van der Waals surface area contributed by atoms with Gasteiger partial charge in [-0.25, -0.2) is 0 Å². The Morgan fingerprint density at radius 2 is 2.03 bits per heavy atom. The van der Waals surface area contributed by atoms with Crippen LogP contribution in [-0.4, -0.2) is 53.7 Å². The Hall–Kier alpha value is -2.51. The number of unbranched alkanes of at least 4 members (excludes halogenated alkanes) is 1. The van der Waals surface area contributed by atoms with Crippen LogP contribution in [0.2, 0.25) is 5.02 Å². The summed E-state index contributed by atoms with van der Waals surface area (Å²) < 4.78 is 5.30. The number of pyridine rings is 1. The summed E-state index contributed by atoms with van der Waals surface area (Å²) in [4.78, 5) is 20.1. The molecule has 2 aliphatic rings. The first-order chi connectivity index (χ1) is 18.9. The number of hydrogen-bond acceptors (Lipinski definition) is 5. The monoisotopic (exact) mass is 549 g/mol. The number of carbonyl (C=O) groups excluding carboxylic acids is 1. The number of likely N-dealkylation sites (tertiary alicyclic amines) is 1. The molecule has 1 amide bonds. The van der Waals surface area contributed by atoms with E-state index in [1.807, 2.05) is 53.6 Å². The summed E-state index contributed by atoms with van der Waals surface area (Å²) in [6, 6.07) is 16.0. The summed E-state index contributed by atoms with van der Waals surface area (Å²) in [6.45, 7) is 1.91. The van der Waals surface area contributed by atoms with Gasteiger partial charge in [-0.05, 0) is 75.1 Å². The van der Waals surface area contributed by atoms with Crippen molar-refractivity contribution in [1.29, 1.82) is 0 Å². The fourth-order valence-electron chi connectivity index (χ4n) is 6.65. The van der Waals surface area contributed by atoms with E-state index in [0.717, 1.165) is 79.1 Å². The molecule has 5 rings (SSSR count). The quantitative estimate of drug-likeness (QED) is 0.323.